The van der Waals surface area contributed by atoms with Crippen molar-refractivity contribution in [2.24, 2.45) is 28.6 Å². The number of nitro benzene ring substituents is 1. The lowest BCUT2D eigenvalue weighted by Gasteiger charge is -2.19. The lowest BCUT2D eigenvalue weighted by molar-refractivity contribution is -0.384. The van der Waals surface area contributed by atoms with Crippen molar-refractivity contribution in [2.75, 3.05) is 0 Å². The van der Waals surface area contributed by atoms with Crippen LogP contribution in [0.3, 0.4) is 0 Å². The highest BCUT2D eigenvalue weighted by Crippen LogP contribution is 2.49. The number of carbonyl (C=O) groups is 1. The number of fused-ring (bicyclic) bond motifs is 2. The maximum absolute atomic E-state index is 11.9. The van der Waals surface area contributed by atoms with Crippen molar-refractivity contribution < 1.29 is 14.6 Å². The molecule has 0 aromatic heterocycles. The molecular weight excluding hydrogens is 298 g/mol. The first-order valence-corrected chi connectivity index (χ1v) is 7.81. The summed E-state index contributed by atoms with van der Waals surface area (Å²) in [4.78, 5) is 26.9. The van der Waals surface area contributed by atoms with Gasteiger partial charge in [0.25, 0.3) is 5.69 Å². The fraction of sp³-hybridized carbons (Fsp3) is 0.500. The van der Waals surface area contributed by atoms with Gasteiger partial charge >= 0.3 is 5.97 Å². The molecule has 0 spiro atoms. The first kappa shape index (κ1) is 15.5. The monoisotopic (exact) mass is 317 g/mol. The molecular formula is C16H19N3O4. The van der Waals surface area contributed by atoms with Crippen LogP contribution in [0.25, 0.3) is 0 Å². The third kappa shape index (κ3) is 3.49. The number of amidine groups is 1. The third-order valence-electron chi connectivity index (χ3n) is 4.93. The zero-order valence-electron chi connectivity index (χ0n) is 12.7. The third-order valence-corrected chi connectivity index (χ3v) is 4.93. The van der Waals surface area contributed by atoms with Gasteiger partial charge in [0.05, 0.1) is 11.3 Å². The molecule has 0 heterocycles. The molecule has 2 aliphatic carbocycles. The quantitative estimate of drug-likeness (QED) is 0.295. The van der Waals surface area contributed by atoms with Crippen LogP contribution in [-0.4, -0.2) is 16.7 Å². The minimum Gasteiger partial charge on any atom is -0.380 e. The minimum absolute atomic E-state index is 0.0289. The molecule has 2 bridgehead atoms. The van der Waals surface area contributed by atoms with Crippen molar-refractivity contribution in [3.63, 3.8) is 0 Å². The van der Waals surface area contributed by atoms with Crippen molar-refractivity contribution in [3.8, 4) is 0 Å². The lowest BCUT2D eigenvalue weighted by atomic mass is 9.86. The summed E-state index contributed by atoms with van der Waals surface area (Å²) < 4.78 is 0. The molecule has 0 amide bonds. The average Bonchev–Trinajstić information content (AvgIpc) is 3.15. The van der Waals surface area contributed by atoms with E-state index in [1.165, 1.54) is 43.5 Å². The summed E-state index contributed by atoms with van der Waals surface area (Å²) in [5.74, 6) is 1.51. The molecule has 7 nitrogen and oxygen atoms in total. The second-order valence-corrected chi connectivity index (χ2v) is 6.38. The van der Waals surface area contributed by atoms with Crippen LogP contribution < -0.4 is 5.73 Å². The van der Waals surface area contributed by atoms with Crippen LogP contribution in [0.2, 0.25) is 0 Å². The Balaban J connectivity index is 1.54. The number of benzene rings is 1. The van der Waals surface area contributed by atoms with Gasteiger partial charge in [0, 0.05) is 17.7 Å². The van der Waals surface area contributed by atoms with Crippen LogP contribution in [0, 0.1) is 27.9 Å². The molecule has 2 fully saturated rings. The number of hydrogen-bond donors (Lipinski definition) is 1. The molecule has 0 unspecified atom stereocenters. The van der Waals surface area contributed by atoms with Gasteiger partial charge in [-0.1, -0.05) is 11.6 Å². The minimum atomic E-state index is -0.494. The standard InChI is InChI=1S/C16H19N3O4/c17-16(11-3-5-14(6-4-11)19(21)22)18-23-15(20)9-13-8-10-1-2-12(13)7-10/h3-6,10,12-13H,1-2,7-9H2,(H2,17,18)/t10-,12-,13+/m1/s1. The molecule has 3 rings (SSSR count). The molecule has 2 N–H and O–H groups in total. The van der Waals surface area contributed by atoms with Gasteiger partial charge in [-0.2, -0.15) is 0 Å². The summed E-state index contributed by atoms with van der Waals surface area (Å²) in [5.41, 5.74) is 6.18. The van der Waals surface area contributed by atoms with E-state index in [0.717, 1.165) is 12.3 Å². The topological polar surface area (TPSA) is 108 Å². The van der Waals surface area contributed by atoms with Crippen LogP contribution in [0.15, 0.2) is 29.4 Å². The SMILES string of the molecule is N/C(=N/OC(=O)C[C@@H]1C[C@@H]2CC[C@@H]1C2)c1ccc([N+](=O)[O-])cc1. The van der Waals surface area contributed by atoms with Gasteiger partial charge in [-0.15, -0.1) is 0 Å². The molecule has 0 saturated heterocycles. The van der Waals surface area contributed by atoms with Gasteiger partial charge in [0.2, 0.25) is 0 Å². The largest absolute Gasteiger partial charge is 0.380 e. The van der Waals surface area contributed by atoms with Crippen molar-refractivity contribution >= 4 is 17.5 Å². The average molecular weight is 317 g/mol. The van der Waals surface area contributed by atoms with Crippen molar-refractivity contribution in [1.29, 1.82) is 0 Å². The van der Waals surface area contributed by atoms with Crippen molar-refractivity contribution in [2.45, 2.75) is 32.1 Å². The highest BCUT2D eigenvalue weighted by Gasteiger charge is 2.40. The highest BCUT2D eigenvalue weighted by atomic mass is 16.7. The van der Waals surface area contributed by atoms with Gasteiger partial charge in [-0.3, -0.25) is 10.1 Å². The van der Waals surface area contributed by atoms with E-state index in [4.69, 9.17) is 10.6 Å². The lowest BCUT2D eigenvalue weighted by Crippen LogP contribution is -2.18. The number of carbonyl (C=O) groups excluding carboxylic acids is 1. The molecule has 2 aliphatic rings. The summed E-state index contributed by atoms with van der Waals surface area (Å²) in [6.45, 7) is 0. The van der Waals surface area contributed by atoms with Crippen molar-refractivity contribution in [1.82, 2.24) is 0 Å². The van der Waals surface area contributed by atoms with Crippen LogP contribution in [0.4, 0.5) is 5.69 Å². The Labute approximate surface area is 133 Å². The van der Waals surface area contributed by atoms with Crippen LogP contribution in [-0.2, 0) is 9.63 Å². The first-order valence-electron chi connectivity index (χ1n) is 7.81. The van der Waals surface area contributed by atoms with E-state index in [1.807, 2.05) is 0 Å². The molecule has 1 aromatic rings. The predicted molar refractivity (Wildman–Crippen MR) is 83.5 cm³/mol. The number of nitrogens with two attached hydrogens (primary N) is 1. The van der Waals surface area contributed by atoms with Gasteiger partial charge in [0.1, 0.15) is 0 Å². The summed E-state index contributed by atoms with van der Waals surface area (Å²) in [7, 11) is 0. The van der Waals surface area contributed by atoms with E-state index in [0.29, 0.717) is 23.8 Å². The van der Waals surface area contributed by atoms with E-state index in [1.54, 1.807) is 0 Å². The Hall–Kier alpha value is -2.44. The predicted octanol–water partition coefficient (Wildman–Crippen LogP) is 2.58. The van der Waals surface area contributed by atoms with Crippen LogP contribution >= 0.6 is 0 Å². The van der Waals surface area contributed by atoms with Gasteiger partial charge in [-0.25, -0.2) is 4.79 Å². The molecule has 1 aromatic carbocycles. The Morgan fingerprint density at radius 1 is 1.30 bits per heavy atom. The van der Waals surface area contributed by atoms with Crippen LogP contribution in [0.1, 0.15) is 37.7 Å². The van der Waals surface area contributed by atoms with Gasteiger partial charge in [-0.05, 0) is 49.1 Å². The maximum Gasteiger partial charge on any atom is 0.335 e. The number of non-ortho nitro benzene ring substituents is 1. The zero-order chi connectivity index (χ0) is 16.4. The molecule has 0 radical (unpaired) electrons. The van der Waals surface area contributed by atoms with E-state index >= 15 is 0 Å². The molecule has 23 heavy (non-hydrogen) atoms. The molecule has 3 atom stereocenters. The van der Waals surface area contributed by atoms with E-state index in [2.05, 4.69) is 5.16 Å². The number of nitro groups is 1. The van der Waals surface area contributed by atoms with Crippen molar-refractivity contribution in [3.05, 3.63) is 39.9 Å². The second kappa shape index (κ2) is 6.36. The number of oxime groups is 1. The zero-order valence-corrected chi connectivity index (χ0v) is 12.7. The fourth-order valence-corrected chi connectivity index (χ4v) is 3.78. The smallest absolute Gasteiger partial charge is 0.335 e. The van der Waals surface area contributed by atoms with Gasteiger partial charge in [0.15, 0.2) is 5.84 Å². The summed E-state index contributed by atoms with van der Waals surface area (Å²) in [6, 6.07) is 5.60. The number of rotatable bonds is 5. The van der Waals surface area contributed by atoms with Crippen LogP contribution in [0.5, 0.6) is 0 Å². The Morgan fingerprint density at radius 2 is 2.04 bits per heavy atom. The van der Waals surface area contributed by atoms with E-state index in [-0.39, 0.29) is 17.5 Å². The first-order chi connectivity index (χ1) is 11.0. The van der Waals surface area contributed by atoms with Gasteiger partial charge < -0.3 is 10.6 Å². The fourth-order valence-electron chi connectivity index (χ4n) is 3.78. The summed E-state index contributed by atoms with van der Waals surface area (Å²) in [5, 5.41) is 14.2. The maximum atomic E-state index is 11.9. The Bertz CT molecular complexity index is 641. The summed E-state index contributed by atoms with van der Waals surface area (Å²) in [6.07, 6.45) is 5.25. The Kier molecular flexibility index (Phi) is 4.27. The van der Waals surface area contributed by atoms with E-state index in [9.17, 15) is 14.9 Å². The molecule has 7 heteroatoms. The molecule has 0 aliphatic heterocycles. The Morgan fingerprint density at radius 3 is 2.61 bits per heavy atom. The van der Waals surface area contributed by atoms with E-state index < -0.39 is 4.92 Å². The number of hydrogen-bond acceptors (Lipinski definition) is 5. The molecule has 122 valence electrons. The normalized spacial score (nSPS) is 26.3. The second-order valence-electron chi connectivity index (χ2n) is 6.38. The number of nitrogens with zero attached hydrogens (tertiary/aromatic N) is 2. The summed E-state index contributed by atoms with van der Waals surface area (Å²) >= 11 is 0. The highest BCUT2D eigenvalue weighted by molar-refractivity contribution is 5.97. The molecule has 2 saturated carbocycles.